The molecule has 25 heavy (non-hydrogen) atoms. The Morgan fingerprint density at radius 1 is 1.12 bits per heavy atom. The molecule has 0 bridgehead atoms. The van der Waals surface area contributed by atoms with Crippen molar-refractivity contribution in [1.82, 2.24) is 9.88 Å². The van der Waals surface area contributed by atoms with Crippen molar-refractivity contribution in [3.8, 4) is 0 Å². The van der Waals surface area contributed by atoms with Gasteiger partial charge in [0.1, 0.15) is 5.69 Å². The molecule has 0 saturated heterocycles. The van der Waals surface area contributed by atoms with Gasteiger partial charge in [0.25, 0.3) is 11.8 Å². The van der Waals surface area contributed by atoms with Crippen molar-refractivity contribution in [2.24, 2.45) is 0 Å². The molecule has 0 spiro atoms. The number of hydrogen-bond donors (Lipinski definition) is 2. The van der Waals surface area contributed by atoms with Crippen LogP contribution in [0.2, 0.25) is 0 Å². The van der Waals surface area contributed by atoms with E-state index in [1.165, 1.54) is 0 Å². The zero-order valence-electron chi connectivity index (χ0n) is 14.2. The summed E-state index contributed by atoms with van der Waals surface area (Å²) in [5.74, 6) is -1.18. The molecule has 0 radical (unpaired) electrons. The van der Waals surface area contributed by atoms with Crippen LogP contribution >= 0.6 is 0 Å². The van der Waals surface area contributed by atoms with Gasteiger partial charge >= 0.3 is 5.97 Å². The summed E-state index contributed by atoms with van der Waals surface area (Å²) in [5.41, 5.74) is 1.24. The van der Waals surface area contributed by atoms with E-state index in [9.17, 15) is 14.4 Å². The highest BCUT2D eigenvalue weighted by Crippen LogP contribution is 2.13. The summed E-state index contributed by atoms with van der Waals surface area (Å²) in [4.78, 5) is 40.3. The summed E-state index contributed by atoms with van der Waals surface area (Å²) in [6.07, 6.45) is 1.59. The first-order valence-electron chi connectivity index (χ1n) is 8.04. The quantitative estimate of drug-likeness (QED) is 0.755. The second-order valence-electron chi connectivity index (χ2n) is 5.27. The molecule has 1 aromatic carbocycles. The monoisotopic (exact) mass is 343 g/mol. The molecule has 7 heteroatoms. The van der Waals surface area contributed by atoms with E-state index in [0.717, 1.165) is 0 Å². The minimum atomic E-state index is -0.606. The predicted molar refractivity (Wildman–Crippen MR) is 93.4 cm³/mol. The Morgan fingerprint density at radius 3 is 2.52 bits per heavy atom. The lowest BCUT2D eigenvalue weighted by Gasteiger charge is -2.19. The van der Waals surface area contributed by atoms with Crippen LogP contribution in [0.1, 0.15) is 34.7 Å². The minimum absolute atomic E-state index is 0.0979. The second-order valence-corrected chi connectivity index (χ2v) is 5.27. The van der Waals surface area contributed by atoms with Gasteiger partial charge in [-0.3, -0.25) is 9.59 Å². The normalized spacial score (nSPS) is 10.2. The SMILES string of the molecule is CCN(CC)C(=O)c1cccc(NC(=O)COC(=O)c2ccc[nH]2)c1. The summed E-state index contributed by atoms with van der Waals surface area (Å²) in [6, 6.07) is 9.88. The molecule has 0 aliphatic rings. The van der Waals surface area contributed by atoms with E-state index in [1.54, 1.807) is 47.5 Å². The number of nitrogens with zero attached hydrogens (tertiary/aromatic N) is 1. The molecular weight excluding hydrogens is 322 g/mol. The van der Waals surface area contributed by atoms with Gasteiger partial charge in [0.15, 0.2) is 6.61 Å². The molecule has 0 atom stereocenters. The third-order valence-electron chi connectivity index (χ3n) is 3.60. The van der Waals surface area contributed by atoms with Crippen molar-refractivity contribution in [2.45, 2.75) is 13.8 Å². The number of carbonyl (C=O) groups is 3. The van der Waals surface area contributed by atoms with Crippen molar-refractivity contribution in [1.29, 1.82) is 0 Å². The number of nitrogens with one attached hydrogen (secondary N) is 2. The van der Waals surface area contributed by atoms with Crippen LogP contribution < -0.4 is 5.32 Å². The first-order chi connectivity index (χ1) is 12.0. The second kappa shape index (κ2) is 8.68. The number of carbonyl (C=O) groups excluding carboxylic acids is 3. The number of aromatic nitrogens is 1. The standard InChI is InChI=1S/C18H21N3O4/c1-3-21(4-2)17(23)13-7-5-8-14(11-13)20-16(22)12-25-18(24)15-9-6-10-19-15/h5-11,19H,3-4,12H2,1-2H3,(H,20,22). The van der Waals surface area contributed by atoms with Crippen LogP contribution in [0.3, 0.4) is 0 Å². The molecule has 2 amide bonds. The lowest BCUT2D eigenvalue weighted by atomic mass is 10.1. The number of ether oxygens (including phenoxy) is 1. The van der Waals surface area contributed by atoms with Crippen molar-refractivity contribution in [3.05, 3.63) is 53.9 Å². The molecule has 0 aliphatic heterocycles. The maximum atomic E-state index is 12.3. The summed E-state index contributed by atoms with van der Waals surface area (Å²) in [6.45, 7) is 4.63. The summed E-state index contributed by atoms with van der Waals surface area (Å²) in [7, 11) is 0. The first kappa shape index (κ1) is 18.3. The Labute approximate surface area is 146 Å². The molecule has 132 valence electrons. The molecule has 2 N–H and O–H groups in total. The van der Waals surface area contributed by atoms with Crippen molar-refractivity contribution >= 4 is 23.5 Å². The van der Waals surface area contributed by atoms with Gasteiger partial charge in [-0.2, -0.15) is 0 Å². The Kier molecular flexibility index (Phi) is 6.33. The number of amides is 2. The molecule has 0 unspecified atom stereocenters. The molecule has 1 aromatic heterocycles. The fourth-order valence-corrected chi connectivity index (χ4v) is 2.29. The zero-order valence-corrected chi connectivity index (χ0v) is 14.2. The first-order valence-corrected chi connectivity index (χ1v) is 8.04. The van der Waals surface area contributed by atoms with Gasteiger partial charge in [0.2, 0.25) is 0 Å². The van der Waals surface area contributed by atoms with Crippen molar-refractivity contribution < 1.29 is 19.1 Å². The largest absolute Gasteiger partial charge is 0.451 e. The van der Waals surface area contributed by atoms with E-state index in [4.69, 9.17) is 4.74 Å². The van der Waals surface area contributed by atoms with Gasteiger partial charge in [-0.15, -0.1) is 0 Å². The van der Waals surface area contributed by atoms with Crippen molar-refractivity contribution in [2.75, 3.05) is 25.0 Å². The number of esters is 1. The fraction of sp³-hybridized carbons (Fsp3) is 0.278. The van der Waals surface area contributed by atoms with Gasteiger partial charge in [0.05, 0.1) is 0 Å². The highest BCUT2D eigenvalue weighted by atomic mass is 16.5. The maximum Gasteiger partial charge on any atom is 0.355 e. The van der Waals surface area contributed by atoms with Crippen LogP contribution in [0.5, 0.6) is 0 Å². The molecular formula is C18H21N3O4. The average Bonchev–Trinajstić information content (AvgIpc) is 3.15. The molecule has 2 aromatic rings. The number of hydrogen-bond acceptors (Lipinski definition) is 4. The lowest BCUT2D eigenvalue weighted by molar-refractivity contribution is -0.119. The van der Waals surface area contributed by atoms with Gasteiger partial charge < -0.3 is 19.9 Å². The molecule has 2 rings (SSSR count). The molecule has 0 aliphatic carbocycles. The van der Waals surface area contributed by atoms with Crippen molar-refractivity contribution in [3.63, 3.8) is 0 Å². The average molecular weight is 343 g/mol. The highest BCUT2D eigenvalue weighted by molar-refractivity contribution is 5.98. The molecule has 7 nitrogen and oxygen atoms in total. The Hall–Kier alpha value is -3.09. The molecule has 1 heterocycles. The van der Waals surface area contributed by atoms with Gasteiger partial charge in [-0.05, 0) is 44.2 Å². The Morgan fingerprint density at radius 2 is 1.88 bits per heavy atom. The summed E-state index contributed by atoms with van der Waals surface area (Å²) in [5, 5.41) is 2.62. The highest BCUT2D eigenvalue weighted by Gasteiger charge is 2.14. The van der Waals surface area contributed by atoms with Crippen LogP contribution in [0, 0.1) is 0 Å². The zero-order chi connectivity index (χ0) is 18.2. The topological polar surface area (TPSA) is 91.5 Å². The van der Waals surface area contributed by atoms with E-state index in [-0.39, 0.29) is 11.6 Å². The van der Waals surface area contributed by atoms with E-state index < -0.39 is 18.5 Å². The number of rotatable bonds is 7. The number of benzene rings is 1. The van der Waals surface area contributed by atoms with E-state index >= 15 is 0 Å². The number of H-pyrrole nitrogens is 1. The molecule has 0 saturated carbocycles. The van der Waals surface area contributed by atoms with E-state index in [1.807, 2.05) is 13.8 Å². The van der Waals surface area contributed by atoms with Crippen LogP contribution in [0.25, 0.3) is 0 Å². The predicted octanol–water partition coefficient (Wildman–Crippen LogP) is 2.29. The smallest absolute Gasteiger partial charge is 0.355 e. The van der Waals surface area contributed by atoms with Crippen LogP contribution in [-0.4, -0.2) is 47.4 Å². The van der Waals surface area contributed by atoms with Gasteiger partial charge in [-0.1, -0.05) is 6.07 Å². The summed E-state index contributed by atoms with van der Waals surface area (Å²) < 4.78 is 4.91. The third kappa shape index (κ3) is 4.94. The minimum Gasteiger partial charge on any atom is -0.451 e. The Bertz CT molecular complexity index is 737. The van der Waals surface area contributed by atoms with E-state index in [2.05, 4.69) is 10.3 Å². The van der Waals surface area contributed by atoms with Crippen LogP contribution in [0.15, 0.2) is 42.6 Å². The lowest BCUT2D eigenvalue weighted by Crippen LogP contribution is -2.30. The van der Waals surface area contributed by atoms with Crippen LogP contribution in [-0.2, 0) is 9.53 Å². The van der Waals surface area contributed by atoms with Gasteiger partial charge in [0, 0.05) is 30.5 Å². The summed E-state index contributed by atoms with van der Waals surface area (Å²) >= 11 is 0. The van der Waals surface area contributed by atoms with Gasteiger partial charge in [-0.25, -0.2) is 4.79 Å². The Balaban J connectivity index is 1.93. The fourth-order valence-electron chi connectivity index (χ4n) is 2.29. The van der Waals surface area contributed by atoms with Crippen LogP contribution in [0.4, 0.5) is 5.69 Å². The number of anilines is 1. The maximum absolute atomic E-state index is 12.3. The number of aromatic amines is 1. The van der Waals surface area contributed by atoms with E-state index in [0.29, 0.717) is 24.3 Å². The molecule has 0 fully saturated rings. The third-order valence-corrected chi connectivity index (χ3v) is 3.60.